The fourth-order valence-electron chi connectivity index (χ4n) is 1.84. The number of nitrogens with zero attached hydrogens (tertiary/aromatic N) is 2. The summed E-state index contributed by atoms with van der Waals surface area (Å²) < 4.78 is 0. The average molecular weight is 261 g/mol. The molecule has 0 saturated carbocycles. The Labute approximate surface area is 113 Å². The van der Waals surface area contributed by atoms with Crippen LogP contribution in [0, 0.1) is 0 Å². The van der Waals surface area contributed by atoms with E-state index >= 15 is 0 Å². The Balaban J connectivity index is 1.82. The van der Waals surface area contributed by atoms with E-state index in [2.05, 4.69) is 10.5 Å². The third-order valence-corrected chi connectivity index (χ3v) is 2.93. The van der Waals surface area contributed by atoms with Gasteiger partial charge in [0.25, 0.3) is 5.91 Å². The zero-order valence-corrected chi connectivity index (χ0v) is 11.3. The van der Waals surface area contributed by atoms with Gasteiger partial charge in [0, 0.05) is 19.5 Å². The van der Waals surface area contributed by atoms with Gasteiger partial charge in [-0.25, -0.2) is 0 Å². The molecule has 1 N–H and O–H groups in total. The first kappa shape index (κ1) is 13.5. The van der Waals surface area contributed by atoms with Crippen molar-refractivity contribution in [3.8, 4) is 0 Å². The molecule has 5 heteroatoms. The van der Waals surface area contributed by atoms with E-state index in [1.54, 1.807) is 0 Å². The van der Waals surface area contributed by atoms with E-state index in [1.807, 2.05) is 49.3 Å². The molecule has 1 aromatic rings. The van der Waals surface area contributed by atoms with E-state index in [9.17, 15) is 4.79 Å². The van der Waals surface area contributed by atoms with Crippen LogP contribution in [0.1, 0.15) is 12.0 Å². The van der Waals surface area contributed by atoms with Crippen molar-refractivity contribution in [2.24, 2.45) is 5.16 Å². The summed E-state index contributed by atoms with van der Waals surface area (Å²) in [7, 11) is 3.93. The van der Waals surface area contributed by atoms with Gasteiger partial charge in [0.2, 0.25) is 6.10 Å². The van der Waals surface area contributed by atoms with Crippen molar-refractivity contribution in [3.05, 3.63) is 35.9 Å². The lowest BCUT2D eigenvalue weighted by molar-refractivity contribution is -0.131. The maximum Gasteiger partial charge on any atom is 0.264 e. The van der Waals surface area contributed by atoms with Crippen LogP contribution >= 0.6 is 0 Å². The van der Waals surface area contributed by atoms with Gasteiger partial charge in [-0.05, 0) is 19.7 Å². The van der Waals surface area contributed by atoms with Crippen LogP contribution in [0.2, 0.25) is 0 Å². The van der Waals surface area contributed by atoms with Crippen molar-refractivity contribution < 1.29 is 9.63 Å². The lowest BCUT2D eigenvalue weighted by Gasteiger charge is -2.12. The summed E-state index contributed by atoms with van der Waals surface area (Å²) >= 11 is 0. The monoisotopic (exact) mass is 261 g/mol. The second-order valence-electron chi connectivity index (χ2n) is 4.80. The zero-order valence-electron chi connectivity index (χ0n) is 11.3. The van der Waals surface area contributed by atoms with Gasteiger partial charge in [0.1, 0.15) is 0 Å². The summed E-state index contributed by atoms with van der Waals surface area (Å²) in [6.45, 7) is 1.43. The number of likely N-dealkylation sites (N-methyl/N-ethyl adjacent to an activating group) is 1. The van der Waals surface area contributed by atoms with Gasteiger partial charge < -0.3 is 15.1 Å². The van der Waals surface area contributed by atoms with Crippen LogP contribution in [0.4, 0.5) is 0 Å². The molecule has 102 valence electrons. The first-order valence-corrected chi connectivity index (χ1v) is 6.37. The molecule has 0 saturated heterocycles. The van der Waals surface area contributed by atoms with Gasteiger partial charge in [-0.15, -0.1) is 0 Å². The van der Waals surface area contributed by atoms with Crippen LogP contribution < -0.4 is 5.32 Å². The highest BCUT2D eigenvalue weighted by molar-refractivity contribution is 6.04. The molecular formula is C14H19N3O2. The topological polar surface area (TPSA) is 53.9 Å². The third kappa shape index (κ3) is 3.79. The Bertz CT molecular complexity index is 457. The second-order valence-corrected chi connectivity index (χ2v) is 4.80. The Morgan fingerprint density at radius 2 is 2.16 bits per heavy atom. The van der Waals surface area contributed by atoms with Gasteiger partial charge >= 0.3 is 0 Å². The standard InChI is InChI=1S/C14H19N3O2/c1-17(2)9-8-15-14(18)13-10-12(16-19-13)11-6-4-3-5-7-11/h3-7,13H,8-10H2,1-2H3,(H,15,18). The first-order valence-electron chi connectivity index (χ1n) is 6.37. The Morgan fingerprint density at radius 3 is 2.84 bits per heavy atom. The van der Waals surface area contributed by atoms with Crippen molar-refractivity contribution in [1.82, 2.24) is 10.2 Å². The van der Waals surface area contributed by atoms with E-state index < -0.39 is 6.10 Å². The number of carbonyl (C=O) groups is 1. The summed E-state index contributed by atoms with van der Waals surface area (Å²) in [6.07, 6.45) is 0.0232. The van der Waals surface area contributed by atoms with E-state index in [0.29, 0.717) is 13.0 Å². The van der Waals surface area contributed by atoms with Crippen LogP contribution in [0.3, 0.4) is 0 Å². The van der Waals surface area contributed by atoms with Crippen LogP contribution in [-0.2, 0) is 9.63 Å². The Hall–Kier alpha value is -1.88. The van der Waals surface area contributed by atoms with Gasteiger partial charge in [0.15, 0.2) is 0 Å². The number of carbonyl (C=O) groups excluding carboxylic acids is 1. The molecule has 1 heterocycles. The predicted molar refractivity (Wildman–Crippen MR) is 74.0 cm³/mol. The molecule has 0 fully saturated rings. The summed E-state index contributed by atoms with van der Waals surface area (Å²) in [5, 5.41) is 6.85. The third-order valence-electron chi connectivity index (χ3n) is 2.93. The smallest absolute Gasteiger partial charge is 0.264 e. The Morgan fingerprint density at radius 1 is 1.42 bits per heavy atom. The van der Waals surface area contributed by atoms with Crippen molar-refractivity contribution in [2.75, 3.05) is 27.2 Å². The van der Waals surface area contributed by atoms with Crippen LogP contribution in [0.25, 0.3) is 0 Å². The van der Waals surface area contributed by atoms with Gasteiger partial charge in [-0.1, -0.05) is 35.5 Å². The van der Waals surface area contributed by atoms with E-state index in [1.165, 1.54) is 0 Å². The van der Waals surface area contributed by atoms with E-state index in [0.717, 1.165) is 17.8 Å². The normalized spacial score (nSPS) is 18.1. The molecule has 0 aromatic heterocycles. The van der Waals surface area contributed by atoms with Crippen LogP contribution in [0.15, 0.2) is 35.5 Å². The molecule has 1 atom stereocenters. The fraction of sp³-hybridized carbons (Fsp3) is 0.429. The van der Waals surface area contributed by atoms with E-state index in [4.69, 9.17) is 4.84 Å². The van der Waals surface area contributed by atoms with Crippen molar-refractivity contribution in [2.45, 2.75) is 12.5 Å². The minimum Gasteiger partial charge on any atom is -0.382 e. The molecule has 1 amide bonds. The molecule has 1 aliphatic heterocycles. The molecule has 5 nitrogen and oxygen atoms in total. The lowest BCUT2D eigenvalue weighted by Crippen LogP contribution is -2.38. The zero-order chi connectivity index (χ0) is 13.7. The fourth-order valence-corrected chi connectivity index (χ4v) is 1.84. The number of rotatable bonds is 5. The highest BCUT2D eigenvalue weighted by atomic mass is 16.6. The minimum absolute atomic E-state index is 0.100. The number of nitrogens with one attached hydrogen (secondary N) is 1. The molecule has 2 rings (SSSR count). The molecule has 0 bridgehead atoms. The maximum atomic E-state index is 11.9. The van der Waals surface area contributed by atoms with Gasteiger partial charge in [-0.2, -0.15) is 0 Å². The molecule has 1 unspecified atom stereocenters. The highest BCUT2D eigenvalue weighted by Gasteiger charge is 2.28. The summed E-state index contributed by atoms with van der Waals surface area (Å²) in [5.74, 6) is -0.100. The lowest BCUT2D eigenvalue weighted by atomic mass is 10.0. The molecule has 0 aliphatic carbocycles. The number of hydrogen-bond acceptors (Lipinski definition) is 4. The summed E-state index contributed by atoms with van der Waals surface area (Å²) in [5.41, 5.74) is 1.83. The summed E-state index contributed by atoms with van der Waals surface area (Å²) in [4.78, 5) is 19.1. The maximum absolute atomic E-state index is 11.9. The number of benzene rings is 1. The van der Waals surface area contributed by atoms with Gasteiger partial charge in [-0.3, -0.25) is 4.79 Å². The molecule has 19 heavy (non-hydrogen) atoms. The number of amides is 1. The second kappa shape index (κ2) is 6.33. The quantitative estimate of drug-likeness (QED) is 0.855. The summed E-state index contributed by atoms with van der Waals surface area (Å²) in [6, 6.07) is 9.78. The Kier molecular flexibility index (Phi) is 4.52. The minimum atomic E-state index is -0.502. The number of hydrogen-bond donors (Lipinski definition) is 1. The van der Waals surface area contributed by atoms with Crippen LogP contribution in [0.5, 0.6) is 0 Å². The highest BCUT2D eigenvalue weighted by Crippen LogP contribution is 2.16. The molecular weight excluding hydrogens is 242 g/mol. The van der Waals surface area contributed by atoms with E-state index in [-0.39, 0.29) is 5.91 Å². The molecule has 0 spiro atoms. The molecule has 0 radical (unpaired) electrons. The largest absolute Gasteiger partial charge is 0.382 e. The van der Waals surface area contributed by atoms with Crippen LogP contribution in [-0.4, -0.2) is 49.8 Å². The number of oxime groups is 1. The predicted octanol–water partition coefficient (Wildman–Crippen LogP) is 0.857. The SMILES string of the molecule is CN(C)CCNC(=O)C1CC(c2ccccc2)=NO1. The average Bonchev–Trinajstić information content (AvgIpc) is 2.89. The van der Waals surface area contributed by atoms with Crippen molar-refractivity contribution in [3.63, 3.8) is 0 Å². The van der Waals surface area contributed by atoms with Crippen molar-refractivity contribution >= 4 is 11.6 Å². The first-order chi connectivity index (χ1) is 9.16. The van der Waals surface area contributed by atoms with Gasteiger partial charge in [0.05, 0.1) is 5.71 Å². The van der Waals surface area contributed by atoms with Crippen molar-refractivity contribution in [1.29, 1.82) is 0 Å². The molecule has 1 aliphatic rings. The molecule has 1 aromatic carbocycles.